The molecule has 106 valence electrons. The van der Waals surface area contributed by atoms with Gasteiger partial charge in [-0.3, -0.25) is 9.79 Å². The lowest BCUT2D eigenvalue weighted by atomic mass is 9.90. The van der Waals surface area contributed by atoms with Crippen LogP contribution in [-0.2, 0) is 4.79 Å². The van der Waals surface area contributed by atoms with Gasteiger partial charge in [0.25, 0.3) is 5.91 Å². The molecule has 1 heterocycles. The van der Waals surface area contributed by atoms with Gasteiger partial charge in [0, 0.05) is 0 Å². The largest absolute Gasteiger partial charge is 0.312 e. The van der Waals surface area contributed by atoms with E-state index in [1.165, 1.54) is 0 Å². The molecule has 3 rings (SSSR count). The highest BCUT2D eigenvalue weighted by molar-refractivity contribution is 6.11. The summed E-state index contributed by atoms with van der Waals surface area (Å²) in [5.41, 5.74) is 1.55. The highest BCUT2D eigenvalue weighted by Crippen LogP contribution is 2.29. The molecule has 1 N–H and O–H groups in total. The number of hydrogen-bond acceptors (Lipinski definition) is 2. The highest BCUT2D eigenvalue weighted by Gasteiger charge is 2.37. The van der Waals surface area contributed by atoms with Crippen molar-refractivity contribution in [1.29, 1.82) is 0 Å². The predicted molar refractivity (Wildman–Crippen MR) is 84.4 cm³/mol. The van der Waals surface area contributed by atoms with Gasteiger partial charge in [0.2, 0.25) is 0 Å². The van der Waals surface area contributed by atoms with E-state index in [4.69, 9.17) is 0 Å². The molecule has 2 aromatic rings. The Morgan fingerprint density at radius 3 is 1.76 bits per heavy atom. The molecule has 0 atom stereocenters. The van der Waals surface area contributed by atoms with Gasteiger partial charge in [-0.2, -0.15) is 0 Å². The Bertz CT molecular complexity index is 635. The van der Waals surface area contributed by atoms with Crippen molar-refractivity contribution in [1.82, 2.24) is 5.32 Å². The minimum absolute atomic E-state index is 0.0434. The van der Waals surface area contributed by atoms with Crippen molar-refractivity contribution in [2.75, 3.05) is 0 Å². The number of aliphatic imine (C=N–C) groups is 1. The monoisotopic (exact) mass is 278 g/mol. The summed E-state index contributed by atoms with van der Waals surface area (Å²) in [5, 5.41) is 2.95. The molecule has 0 saturated carbocycles. The van der Waals surface area contributed by atoms with E-state index in [1.54, 1.807) is 0 Å². The van der Waals surface area contributed by atoms with E-state index in [-0.39, 0.29) is 11.8 Å². The van der Waals surface area contributed by atoms with Gasteiger partial charge in [0.1, 0.15) is 11.4 Å². The molecular weight excluding hydrogens is 260 g/mol. The molecule has 1 aliphatic heterocycles. The first-order valence-corrected chi connectivity index (χ1v) is 7.09. The summed E-state index contributed by atoms with van der Waals surface area (Å²) in [7, 11) is 0. The summed E-state index contributed by atoms with van der Waals surface area (Å²) in [4.78, 5) is 16.7. The third kappa shape index (κ3) is 2.59. The van der Waals surface area contributed by atoms with Gasteiger partial charge in [-0.15, -0.1) is 0 Å². The Hall–Kier alpha value is -2.42. The average molecular weight is 278 g/mol. The van der Waals surface area contributed by atoms with E-state index < -0.39 is 5.54 Å². The van der Waals surface area contributed by atoms with E-state index in [1.807, 2.05) is 50.2 Å². The summed E-state index contributed by atoms with van der Waals surface area (Å²) in [6, 6.07) is 20.3. The summed E-state index contributed by atoms with van der Waals surface area (Å²) in [6.45, 7) is 3.67. The fourth-order valence-electron chi connectivity index (χ4n) is 2.59. The van der Waals surface area contributed by atoms with Gasteiger partial charge in [-0.1, -0.05) is 60.7 Å². The Labute approximate surface area is 124 Å². The molecule has 3 heteroatoms. The molecule has 2 aromatic carbocycles. The summed E-state index contributed by atoms with van der Waals surface area (Å²) < 4.78 is 0. The Morgan fingerprint density at radius 2 is 1.38 bits per heavy atom. The number of hydrogen-bond donors (Lipinski definition) is 1. The van der Waals surface area contributed by atoms with Gasteiger partial charge in [0.15, 0.2) is 0 Å². The second-order valence-corrected chi connectivity index (χ2v) is 5.76. The number of amides is 1. The molecule has 1 aliphatic rings. The molecular formula is C18H18N2O. The molecule has 0 unspecified atom stereocenters. The van der Waals surface area contributed by atoms with Gasteiger partial charge in [-0.25, -0.2) is 0 Å². The van der Waals surface area contributed by atoms with Crippen molar-refractivity contribution < 1.29 is 4.79 Å². The van der Waals surface area contributed by atoms with Crippen LogP contribution in [0.3, 0.4) is 0 Å². The van der Waals surface area contributed by atoms with E-state index in [0.717, 1.165) is 17.0 Å². The zero-order valence-electron chi connectivity index (χ0n) is 12.2. The first kappa shape index (κ1) is 13.6. The number of nitrogens with one attached hydrogen (secondary N) is 1. The fraction of sp³-hybridized carbons (Fsp3) is 0.222. The SMILES string of the molecule is CC1(C)N=C(C(c2ccccc2)c2ccccc2)NC1=O. The number of nitrogens with zero attached hydrogens (tertiary/aromatic N) is 1. The van der Waals surface area contributed by atoms with E-state index in [0.29, 0.717) is 0 Å². The standard InChI is InChI=1S/C18H18N2O/c1-18(2)17(21)19-16(20-18)15(13-9-5-3-6-10-13)14-11-7-4-8-12-14/h3-12,15H,1-2H3,(H,19,20,21). The van der Waals surface area contributed by atoms with Crippen LogP contribution in [-0.4, -0.2) is 17.3 Å². The quantitative estimate of drug-likeness (QED) is 0.920. The van der Waals surface area contributed by atoms with Crippen LogP contribution in [0.5, 0.6) is 0 Å². The molecule has 1 amide bonds. The van der Waals surface area contributed by atoms with Crippen molar-refractivity contribution in [3.63, 3.8) is 0 Å². The molecule has 0 fully saturated rings. The number of carbonyl (C=O) groups excluding carboxylic acids is 1. The Kier molecular flexibility index (Phi) is 3.34. The van der Waals surface area contributed by atoms with Crippen molar-refractivity contribution >= 4 is 11.7 Å². The number of rotatable bonds is 3. The fourth-order valence-corrected chi connectivity index (χ4v) is 2.59. The molecule has 0 bridgehead atoms. The average Bonchev–Trinajstić information content (AvgIpc) is 2.75. The van der Waals surface area contributed by atoms with Crippen molar-refractivity contribution in [3.05, 3.63) is 71.8 Å². The van der Waals surface area contributed by atoms with E-state index in [2.05, 4.69) is 34.6 Å². The number of benzene rings is 2. The maximum atomic E-state index is 12.0. The Morgan fingerprint density at radius 1 is 0.905 bits per heavy atom. The molecule has 0 saturated heterocycles. The van der Waals surface area contributed by atoms with Crippen molar-refractivity contribution in [2.45, 2.75) is 25.3 Å². The first-order valence-electron chi connectivity index (χ1n) is 7.09. The molecule has 0 aliphatic carbocycles. The van der Waals surface area contributed by atoms with Crippen LogP contribution in [0.15, 0.2) is 65.7 Å². The van der Waals surface area contributed by atoms with Crippen LogP contribution in [0.1, 0.15) is 30.9 Å². The van der Waals surface area contributed by atoms with Crippen LogP contribution < -0.4 is 5.32 Å². The summed E-state index contributed by atoms with van der Waals surface area (Å²) in [6.07, 6.45) is 0. The lowest BCUT2D eigenvalue weighted by Crippen LogP contribution is -2.36. The van der Waals surface area contributed by atoms with Gasteiger partial charge >= 0.3 is 0 Å². The molecule has 0 radical (unpaired) electrons. The zero-order valence-corrected chi connectivity index (χ0v) is 12.2. The van der Waals surface area contributed by atoms with Crippen LogP contribution >= 0.6 is 0 Å². The first-order chi connectivity index (χ1) is 10.1. The Balaban J connectivity index is 2.09. The molecule has 3 nitrogen and oxygen atoms in total. The second-order valence-electron chi connectivity index (χ2n) is 5.76. The second kappa shape index (κ2) is 5.17. The van der Waals surface area contributed by atoms with Crippen molar-refractivity contribution in [2.24, 2.45) is 4.99 Å². The predicted octanol–water partition coefficient (Wildman–Crippen LogP) is 3.13. The van der Waals surface area contributed by atoms with E-state index in [9.17, 15) is 4.79 Å². The third-order valence-corrected chi connectivity index (χ3v) is 3.74. The third-order valence-electron chi connectivity index (χ3n) is 3.74. The normalized spacial score (nSPS) is 16.7. The maximum Gasteiger partial charge on any atom is 0.252 e. The van der Waals surface area contributed by atoms with Crippen LogP contribution in [0.4, 0.5) is 0 Å². The summed E-state index contributed by atoms with van der Waals surface area (Å²) >= 11 is 0. The topological polar surface area (TPSA) is 41.5 Å². The lowest BCUT2D eigenvalue weighted by Gasteiger charge is -2.18. The highest BCUT2D eigenvalue weighted by atomic mass is 16.2. The van der Waals surface area contributed by atoms with Crippen LogP contribution in [0, 0.1) is 0 Å². The van der Waals surface area contributed by atoms with Gasteiger partial charge in [0.05, 0.1) is 5.92 Å². The smallest absolute Gasteiger partial charge is 0.252 e. The van der Waals surface area contributed by atoms with Crippen LogP contribution in [0.2, 0.25) is 0 Å². The molecule has 21 heavy (non-hydrogen) atoms. The molecule has 0 spiro atoms. The van der Waals surface area contributed by atoms with Gasteiger partial charge in [-0.05, 0) is 25.0 Å². The molecule has 0 aromatic heterocycles. The maximum absolute atomic E-state index is 12.0. The van der Waals surface area contributed by atoms with Crippen LogP contribution in [0.25, 0.3) is 0 Å². The minimum Gasteiger partial charge on any atom is -0.312 e. The number of amidine groups is 1. The zero-order chi connectivity index (χ0) is 14.9. The summed E-state index contributed by atoms with van der Waals surface area (Å²) in [5.74, 6) is 0.634. The van der Waals surface area contributed by atoms with Gasteiger partial charge < -0.3 is 5.32 Å². The van der Waals surface area contributed by atoms with Crippen molar-refractivity contribution in [3.8, 4) is 0 Å². The number of carbonyl (C=O) groups is 1. The lowest BCUT2D eigenvalue weighted by molar-refractivity contribution is -0.122. The minimum atomic E-state index is -0.697. The van der Waals surface area contributed by atoms with E-state index >= 15 is 0 Å².